The zero-order valence-electron chi connectivity index (χ0n) is 17.3. The molecule has 7 nitrogen and oxygen atoms in total. The number of benzene rings is 2. The van der Waals surface area contributed by atoms with Crippen molar-refractivity contribution in [3.63, 3.8) is 0 Å². The number of Topliss-reactive ketones (excluding diaryl/α,β-unsaturated/α-hetero) is 1. The van der Waals surface area contributed by atoms with Crippen molar-refractivity contribution in [1.29, 1.82) is 0 Å². The van der Waals surface area contributed by atoms with Crippen molar-refractivity contribution in [3.05, 3.63) is 66.7 Å². The van der Waals surface area contributed by atoms with Crippen LogP contribution in [0.3, 0.4) is 0 Å². The molecule has 1 aliphatic heterocycles. The first kappa shape index (κ1) is 22.3. The molecule has 31 heavy (non-hydrogen) atoms. The van der Waals surface area contributed by atoms with Gasteiger partial charge in [-0.05, 0) is 43.3 Å². The number of aliphatic imine (C=N–C) groups is 1. The van der Waals surface area contributed by atoms with Crippen LogP contribution in [0.2, 0.25) is 0 Å². The molecule has 2 amide bonds. The fourth-order valence-corrected chi connectivity index (χ4v) is 4.15. The van der Waals surface area contributed by atoms with Crippen LogP contribution >= 0.6 is 11.8 Å². The Balaban J connectivity index is 1.72. The SMILES string of the molecule is C=CCN1C(=O)[C@H](CC(=O)Nc2cccc(C(C)=O)c2)SC1=Nc1ccc(OC)cc1. The Hall–Kier alpha value is -3.39. The minimum Gasteiger partial charge on any atom is -0.497 e. The van der Waals surface area contributed by atoms with E-state index < -0.39 is 5.25 Å². The monoisotopic (exact) mass is 437 g/mol. The highest BCUT2D eigenvalue weighted by atomic mass is 32.2. The van der Waals surface area contributed by atoms with Crippen LogP contribution in [0, 0.1) is 0 Å². The number of ether oxygens (including phenoxy) is 1. The first-order valence-corrected chi connectivity index (χ1v) is 10.5. The van der Waals surface area contributed by atoms with Crippen LogP contribution in [0.25, 0.3) is 0 Å². The van der Waals surface area contributed by atoms with E-state index in [1.807, 2.05) is 0 Å². The summed E-state index contributed by atoms with van der Waals surface area (Å²) in [7, 11) is 1.59. The smallest absolute Gasteiger partial charge is 0.242 e. The van der Waals surface area contributed by atoms with Crippen molar-refractivity contribution >= 4 is 45.9 Å². The number of thioether (sulfide) groups is 1. The lowest BCUT2D eigenvalue weighted by molar-refractivity contribution is -0.127. The second-order valence-electron chi connectivity index (χ2n) is 6.83. The summed E-state index contributed by atoms with van der Waals surface area (Å²) in [6.07, 6.45) is 1.61. The highest BCUT2D eigenvalue weighted by molar-refractivity contribution is 8.15. The summed E-state index contributed by atoms with van der Waals surface area (Å²) in [5.74, 6) is 0.128. The minimum atomic E-state index is -0.590. The molecule has 0 saturated carbocycles. The molecule has 1 heterocycles. The third-order valence-electron chi connectivity index (χ3n) is 4.55. The van der Waals surface area contributed by atoms with E-state index in [2.05, 4.69) is 16.9 Å². The Bertz CT molecular complexity index is 1030. The highest BCUT2D eigenvalue weighted by Gasteiger charge is 2.38. The molecule has 1 N–H and O–H groups in total. The molecule has 0 unspecified atom stereocenters. The summed E-state index contributed by atoms with van der Waals surface area (Å²) < 4.78 is 5.15. The van der Waals surface area contributed by atoms with Crippen molar-refractivity contribution in [1.82, 2.24) is 4.90 Å². The summed E-state index contributed by atoms with van der Waals surface area (Å²) in [5, 5.41) is 2.69. The van der Waals surface area contributed by atoms with Gasteiger partial charge in [-0.3, -0.25) is 19.3 Å². The molecule has 2 aromatic rings. The number of carbonyl (C=O) groups is 3. The van der Waals surface area contributed by atoms with Gasteiger partial charge in [0.1, 0.15) is 11.0 Å². The maximum absolute atomic E-state index is 12.9. The van der Waals surface area contributed by atoms with Crippen LogP contribution < -0.4 is 10.1 Å². The van der Waals surface area contributed by atoms with Gasteiger partial charge in [0, 0.05) is 24.2 Å². The number of carbonyl (C=O) groups excluding carboxylic acids is 3. The van der Waals surface area contributed by atoms with Crippen LogP contribution in [0.15, 0.2) is 66.2 Å². The van der Waals surface area contributed by atoms with Crippen LogP contribution in [0.4, 0.5) is 11.4 Å². The van der Waals surface area contributed by atoms with Gasteiger partial charge in [0.25, 0.3) is 0 Å². The number of rotatable bonds is 8. The van der Waals surface area contributed by atoms with Gasteiger partial charge < -0.3 is 10.1 Å². The van der Waals surface area contributed by atoms with Gasteiger partial charge in [0.15, 0.2) is 11.0 Å². The van der Waals surface area contributed by atoms with Gasteiger partial charge in [-0.25, -0.2) is 4.99 Å². The first-order chi connectivity index (χ1) is 14.9. The molecule has 0 spiro atoms. The fraction of sp³-hybridized carbons (Fsp3) is 0.217. The minimum absolute atomic E-state index is 0.0108. The lowest BCUT2D eigenvalue weighted by Crippen LogP contribution is -2.33. The van der Waals surface area contributed by atoms with Crippen LogP contribution in [0.5, 0.6) is 5.75 Å². The van der Waals surface area contributed by atoms with Crippen LogP contribution in [-0.2, 0) is 9.59 Å². The third kappa shape index (κ3) is 5.61. The molecule has 8 heteroatoms. The quantitative estimate of drug-likeness (QED) is 0.497. The summed E-state index contributed by atoms with van der Waals surface area (Å²) >= 11 is 1.25. The summed E-state index contributed by atoms with van der Waals surface area (Å²) in [6.45, 7) is 5.48. The molecular weight excluding hydrogens is 414 g/mol. The average Bonchev–Trinajstić information content (AvgIpc) is 3.03. The molecule has 0 aromatic heterocycles. The molecule has 1 saturated heterocycles. The van der Waals surface area contributed by atoms with Crippen LogP contribution in [-0.4, -0.2) is 46.6 Å². The number of amides is 2. The van der Waals surface area contributed by atoms with E-state index in [0.29, 0.717) is 34.4 Å². The molecule has 1 fully saturated rings. The van der Waals surface area contributed by atoms with Gasteiger partial charge in [-0.15, -0.1) is 6.58 Å². The Morgan fingerprint density at radius 3 is 2.65 bits per heavy atom. The second kappa shape index (κ2) is 10.1. The second-order valence-corrected chi connectivity index (χ2v) is 8.00. The number of hydrogen-bond donors (Lipinski definition) is 1. The van der Waals surface area contributed by atoms with Gasteiger partial charge in [0.2, 0.25) is 11.8 Å². The van der Waals surface area contributed by atoms with Gasteiger partial charge in [0.05, 0.1) is 12.8 Å². The van der Waals surface area contributed by atoms with E-state index in [0.717, 1.165) is 0 Å². The van der Waals surface area contributed by atoms with Gasteiger partial charge >= 0.3 is 0 Å². The first-order valence-electron chi connectivity index (χ1n) is 9.63. The molecule has 1 atom stereocenters. The van der Waals surface area contributed by atoms with E-state index >= 15 is 0 Å². The molecule has 2 aromatic carbocycles. The third-order valence-corrected chi connectivity index (χ3v) is 5.73. The predicted octanol–water partition coefficient (Wildman–Crippen LogP) is 4.04. The zero-order valence-corrected chi connectivity index (χ0v) is 18.1. The topological polar surface area (TPSA) is 88.1 Å². The van der Waals surface area contributed by atoms with Crippen molar-refractivity contribution in [2.24, 2.45) is 4.99 Å². The van der Waals surface area contributed by atoms with E-state index in [1.54, 1.807) is 61.7 Å². The maximum Gasteiger partial charge on any atom is 0.242 e. The summed E-state index contributed by atoms with van der Waals surface area (Å²) in [6, 6.07) is 13.9. The zero-order chi connectivity index (χ0) is 22.4. The normalized spacial score (nSPS) is 17.0. The molecular formula is C23H23N3O4S. The van der Waals surface area contributed by atoms with Crippen molar-refractivity contribution in [2.75, 3.05) is 19.0 Å². The highest BCUT2D eigenvalue weighted by Crippen LogP contribution is 2.32. The fourth-order valence-electron chi connectivity index (χ4n) is 2.99. The van der Waals surface area contributed by atoms with Crippen molar-refractivity contribution in [2.45, 2.75) is 18.6 Å². The number of ketones is 1. The van der Waals surface area contributed by atoms with Crippen molar-refractivity contribution in [3.8, 4) is 5.75 Å². The lowest BCUT2D eigenvalue weighted by Gasteiger charge is -2.14. The molecule has 0 radical (unpaired) electrons. The Morgan fingerprint density at radius 1 is 1.26 bits per heavy atom. The lowest BCUT2D eigenvalue weighted by atomic mass is 10.1. The van der Waals surface area contributed by atoms with E-state index in [4.69, 9.17) is 4.74 Å². The number of nitrogens with one attached hydrogen (secondary N) is 1. The molecule has 0 aliphatic carbocycles. The van der Waals surface area contributed by atoms with E-state index in [-0.39, 0.29) is 24.0 Å². The summed E-state index contributed by atoms with van der Waals surface area (Å²) in [4.78, 5) is 43.0. The Labute approximate surface area is 185 Å². The van der Waals surface area contributed by atoms with Crippen molar-refractivity contribution < 1.29 is 19.1 Å². The average molecular weight is 438 g/mol. The number of hydrogen-bond acceptors (Lipinski definition) is 6. The standard InChI is InChI=1S/C23H23N3O4S/c1-4-12-26-22(29)20(31-23(26)25-17-8-10-19(30-3)11-9-17)14-21(28)24-18-7-5-6-16(13-18)15(2)27/h4-11,13,20H,1,12,14H2,2-3H3,(H,24,28)/t20-/m0/s1. The maximum atomic E-state index is 12.9. The largest absolute Gasteiger partial charge is 0.497 e. The van der Waals surface area contributed by atoms with Gasteiger partial charge in [-0.2, -0.15) is 0 Å². The number of methoxy groups -OCH3 is 1. The number of amidine groups is 1. The number of anilines is 1. The predicted molar refractivity (Wildman–Crippen MR) is 123 cm³/mol. The van der Waals surface area contributed by atoms with E-state index in [1.165, 1.54) is 23.6 Å². The molecule has 1 aliphatic rings. The van der Waals surface area contributed by atoms with Gasteiger partial charge in [-0.1, -0.05) is 30.0 Å². The van der Waals surface area contributed by atoms with Crippen LogP contribution in [0.1, 0.15) is 23.7 Å². The van der Waals surface area contributed by atoms with E-state index in [9.17, 15) is 14.4 Å². The molecule has 160 valence electrons. The Morgan fingerprint density at radius 2 is 2.00 bits per heavy atom. The molecule has 3 rings (SSSR count). The number of nitrogens with zero attached hydrogens (tertiary/aromatic N) is 2. The Kier molecular flexibility index (Phi) is 7.25. The summed E-state index contributed by atoms with van der Waals surface area (Å²) in [5.41, 5.74) is 1.70. The molecule has 0 bridgehead atoms.